The number of nitrogens with two attached hydrogens (primary N) is 1. The van der Waals surface area contributed by atoms with Crippen LogP contribution in [0.5, 0.6) is 0 Å². The van der Waals surface area contributed by atoms with Gasteiger partial charge in [-0.2, -0.15) is 5.10 Å². The molecule has 0 saturated heterocycles. The monoisotopic (exact) mass is 257 g/mol. The predicted octanol–water partition coefficient (Wildman–Crippen LogP) is 3.50. The Morgan fingerprint density at radius 1 is 1.16 bits per heavy atom. The van der Waals surface area contributed by atoms with Crippen molar-refractivity contribution in [3.8, 4) is 5.69 Å². The van der Waals surface area contributed by atoms with Gasteiger partial charge in [0.2, 0.25) is 0 Å². The average Bonchev–Trinajstić information content (AvgIpc) is 2.71. The molecule has 102 valence electrons. The van der Waals surface area contributed by atoms with Crippen LogP contribution in [0, 0.1) is 6.92 Å². The van der Waals surface area contributed by atoms with Gasteiger partial charge in [-0.1, -0.05) is 26.0 Å². The molecule has 0 saturated carbocycles. The lowest BCUT2D eigenvalue weighted by Gasteiger charge is -2.18. The fourth-order valence-electron chi connectivity index (χ4n) is 2.30. The van der Waals surface area contributed by atoms with E-state index in [0.717, 1.165) is 16.9 Å². The van der Waals surface area contributed by atoms with Crippen LogP contribution in [0.1, 0.15) is 50.4 Å². The van der Waals surface area contributed by atoms with Gasteiger partial charge in [0.1, 0.15) is 0 Å². The maximum atomic E-state index is 6.16. The van der Waals surface area contributed by atoms with Crippen LogP contribution in [0.2, 0.25) is 0 Å². The van der Waals surface area contributed by atoms with Crippen LogP contribution in [0.15, 0.2) is 30.5 Å². The number of rotatable bonds is 3. The van der Waals surface area contributed by atoms with Gasteiger partial charge in [-0.15, -0.1) is 0 Å². The zero-order valence-electron chi connectivity index (χ0n) is 12.4. The Balaban J connectivity index is 2.40. The maximum absolute atomic E-state index is 6.16. The molecule has 0 aliphatic rings. The summed E-state index contributed by atoms with van der Waals surface area (Å²) in [5.74, 6) is 0.548. The van der Waals surface area contributed by atoms with Crippen molar-refractivity contribution >= 4 is 0 Å². The minimum atomic E-state index is -0.361. The largest absolute Gasteiger partial charge is 0.322 e. The van der Waals surface area contributed by atoms with E-state index in [1.165, 1.54) is 5.56 Å². The van der Waals surface area contributed by atoms with Crippen molar-refractivity contribution in [2.75, 3.05) is 0 Å². The van der Waals surface area contributed by atoms with Crippen molar-refractivity contribution in [2.45, 2.75) is 46.1 Å². The Morgan fingerprint density at radius 3 is 2.16 bits per heavy atom. The number of aromatic nitrogens is 2. The number of nitrogens with zero attached hydrogens (tertiary/aromatic N) is 2. The molecule has 19 heavy (non-hydrogen) atoms. The van der Waals surface area contributed by atoms with E-state index in [1.807, 2.05) is 24.7 Å². The first-order valence-corrected chi connectivity index (χ1v) is 6.75. The van der Waals surface area contributed by atoms with Crippen LogP contribution < -0.4 is 5.73 Å². The predicted molar refractivity (Wildman–Crippen MR) is 79.6 cm³/mol. The van der Waals surface area contributed by atoms with Crippen molar-refractivity contribution in [1.29, 1.82) is 0 Å². The van der Waals surface area contributed by atoms with E-state index in [0.29, 0.717) is 5.92 Å². The fraction of sp³-hybridized carbons (Fsp3) is 0.438. The normalized spacial score (nSPS) is 12.2. The van der Waals surface area contributed by atoms with Crippen LogP contribution in [-0.4, -0.2) is 9.78 Å². The Kier molecular flexibility index (Phi) is 3.50. The van der Waals surface area contributed by atoms with Gasteiger partial charge >= 0.3 is 0 Å². The number of hydrogen-bond acceptors (Lipinski definition) is 2. The first kappa shape index (κ1) is 13.8. The Hall–Kier alpha value is -1.61. The summed E-state index contributed by atoms with van der Waals surface area (Å²) >= 11 is 0. The number of benzene rings is 1. The van der Waals surface area contributed by atoms with Gasteiger partial charge in [0, 0.05) is 16.8 Å². The first-order valence-electron chi connectivity index (χ1n) is 6.75. The summed E-state index contributed by atoms with van der Waals surface area (Å²) in [6, 6.07) is 8.55. The molecule has 0 fully saturated rings. The van der Waals surface area contributed by atoms with Gasteiger partial charge in [0.15, 0.2) is 0 Å². The lowest BCUT2D eigenvalue weighted by molar-refractivity contribution is 0.550. The van der Waals surface area contributed by atoms with Crippen molar-refractivity contribution in [2.24, 2.45) is 5.73 Å². The van der Waals surface area contributed by atoms with E-state index < -0.39 is 0 Å². The molecular weight excluding hydrogens is 234 g/mol. The summed E-state index contributed by atoms with van der Waals surface area (Å²) in [6.07, 6.45) is 1.87. The third kappa shape index (κ3) is 2.71. The van der Waals surface area contributed by atoms with Gasteiger partial charge < -0.3 is 5.73 Å². The second-order valence-electron chi connectivity index (χ2n) is 6.02. The molecule has 0 aliphatic heterocycles. The van der Waals surface area contributed by atoms with Gasteiger partial charge in [0.05, 0.1) is 11.9 Å². The third-order valence-corrected chi connectivity index (χ3v) is 3.51. The molecule has 2 N–H and O–H groups in total. The molecule has 0 amide bonds. The maximum Gasteiger partial charge on any atom is 0.0648 e. The highest BCUT2D eigenvalue weighted by atomic mass is 15.3. The molecule has 0 unspecified atom stereocenters. The van der Waals surface area contributed by atoms with E-state index in [9.17, 15) is 0 Å². The zero-order chi connectivity index (χ0) is 14.2. The molecule has 0 spiro atoms. The molecule has 0 bridgehead atoms. The van der Waals surface area contributed by atoms with E-state index in [2.05, 4.69) is 50.1 Å². The molecule has 0 aliphatic carbocycles. The van der Waals surface area contributed by atoms with Crippen LogP contribution in [0.4, 0.5) is 0 Å². The molecule has 1 aromatic heterocycles. The standard InChI is InChI=1S/C16H23N3/c1-11(2)13-6-8-14(9-7-13)19-12(3)15(10-18-19)16(4,5)17/h6-11H,17H2,1-5H3. The lowest BCUT2D eigenvalue weighted by Crippen LogP contribution is -2.29. The highest BCUT2D eigenvalue weighted by Gasteiger charge is 2.20. The van der Waals surface area contributed by atoms with Crippen molar-refractivity contribution in [3.63, 3.8) is 0 Å². The second-order valence-corrected chi connectivity index (χ2v) is 6.02. The topological polar surface area (TPSA) is 43.8 Å². The zero-order valence-corrected chi connectivity index (χ0v) is 12.4. The van der Waals surface area contributed by atoms with Crippen molar-refractivity contribution in [3.05, 3.63) is 47.3 Å². The summed E-state index contributed by atoms with van der Waals surface area (Å²) in [5.41, 5.74) is 10.4. The van der Waals surface area contributed by atoms with Crippen LogP contribution in [-0.2, 0) is 5.54 Å². The minimum absolute atomic E-state index is 0.361. The highest BCUT2D eigenvalue weighted by Crippen LogP contribution is 2.23. The first-order chi connectivity index (χ1) is 8.80. The fourth-order valence-corrected chi connectivity index (χ4v) is 2.30. The van der Waals surface area contributed by atoms with E-state index >= 15 is 0 Å². The average molecular weight is 257 g/mol. The van der Waals surface area contributed by atoms with E-state index in [1.54, 1.807) is 0 Å². The Bertz CT molecular complexity index is 557. The smallest absolute Gasteiger partial charge is 0.0648 e. The highest BCUT2D eigenvalue weighted by molar-refractivity contribution is 5.39. The van der Waals surface area contributed by atoms with E-state index in [-0.39, 0.29) is 5.54 Å². The number of hydrogen-bond donors (Lipinski definition) is 1. The molecule has 3 nitrogen and oxygen atoms in total. The molecule has 3 heteroatoms. The molecule has 1 heterocycles. The minimum Gasteiger partial charge on any atom is -0.322 e. The van der Waals surface area contributed by atoms with E-state index in [4.69, 9.17) is 5.73 Å². The third-order valence-electron chi connectivity index (χ3n) is 3.51. The van der Waals surface area contributed by atoms with Gasteiger partial charge in [-0.25, -0.2) is 4.68 Å². The van der Waals surface area contributed by atoms with Crippen LogP contribution >= 0.6 is 0 Å². The van der Waals surface area contributed by atoms with Crippen molar-refractivity contribution < 1.29 is 0 Å². The van der Waals surface area contributed by atoms with Gasteiger partial charge in [-0.05, 0) is 44.4 Å². The van der Waals surface area contributed by atoms with Gasteiger partial charge in [0.25, 0.3) is 0 Å². The summed E-state index contributed by atoms with van der Waals surface area (Å²) in [4.78, 5) is 0. The summed E-state index contributed by atoms with van der Waals surface area (Å²) in [5, 5.41) is 4.46. The SMILES string of the molecule is Cc1c(C(C)(C)N)cnn1-c1ccc(C(C)C)cc1. The molecule has 2 aromatic rings. The van der Waals surface area contributed by atoms with Crippen LogP contribution in [0.25, 0.3) is 5.69 Å². The second kappa shape index (κ2) is 4.82. The summed E-state index contributed by atoms with van der Waals surface area (Å²) in [6.45, 7) is 10.5. The summed E-state index contributed by atoms with van der Waals surface area (Å²) in [7, 11) is 0. The van der Waals surface area contributed by atoms with Gasteiger partial charge in [-0.3, -0.25) is 0 Å². The molecule has 2 rings (SSSR count). The van der Waals surface area contributed by atoms with Crippen LogP contribution in [0.3, 0.4) is 0 Å². The quantitative estimate of drug-likeness (QED) is 0.914. The summed E-state index contributed by atoms with van der Waals surface area (Å²) < 4.78 is 1.95. The Morgan fingerprint density at radius 2 is 1.74 bits per heavy atom. The molecular formula is C16H23N3. The molecule has 1 aromatic carbocycles. The van der Waals surface area contributed by atoms with Crippen molar-refractivity contribution in [1.82, 2.24) is 9.78 Å². The Labute approximate surface area is 115 Å². The lowest BCUT2D eigenvalue weighted by atomic mass is 9.96. The molecule has 0 atom stereocenters. The molecule has 0 radical (unpaired) electrons.